The Morgan fingerprint density at radius 2 is 2.07 bits per heavy atom. The summed E-state index contributed by atoms with van der Waals surface area (Å²) in [6.45, 7) is 1.52. The number of amides is 1. The molecule has 3 heterocycles. The van der Waals surface area contributed by atoms with Crippen LogP contribution in [0, 0.1) is 5.92 Å². The van der Waals surface area contributed by atoms with E-state index in [0.29, 0.717) is 44.7 Å². The van der Waals surface area contributed by atoms with E-state index in [-0.39, 0.29) is 22.0 Å². The number of piperidine rings is 1. The zero-order valence-corrected chi connectivity index (χ0v) is 18.0. The fraction of sp³-hybridized carbons (Fsp3) is 0.526. The first kappa shape index (κ1) is 20.1. The Hall–Kier alpha value is -2.20. The lowest BCUT2D eigenvalue weighted by Crippen LogP contribution is -2.44. The molecule has 1 amide bonds. The fourth-order valence-electron chi connectivity index (χ4n) is 3.98. The molecule has 0 saturated carbocycles. The van der Waals surface area contributed by atoms with E-state index >= 15 is 0 Å². The third-order valence-corrected chi connectivity index (χ3v) is 8.09. The predicted octanol–water partition coefficient (Wildman–Crippen LogP) is 1.91. The Labute approximate surface area is 173 Å². The van der Waals surface area contributed by atoms with Crippen LogP contribution in [0.1, 0.15) is 30.0 Å². The van der Waals surface area contributed by atoms with Crippen LogP contribution in [0.5, 0.6) is 11.5 Å². The minimum absolute atomic E-state index is 0.00937. The molecular formula is C19H23N3O5S2. The molecule has 0 N–H and O–H groups in total. The van der Waals surface area contributed by atoms with Gasteiger partial charge in [0, 0.05) is 36.8 Å². The van der Waals surface area contributed by atoms with Gasteiger partial charge in [-0.3, -0.25) is 4.79 Å². The van der Waals surface area contributed by atoms with Gasteiger partial charge in [-0.25, -0.2) is 8.42 Å². The van der Waals surface area contributed by atoms with Crippen LogP contribution in [0.25, 0.3) is 0 Å². The molecule has 1 saturated heterocycles. The summed E-state index contributed by atoms with van der Waals surface area (Å²) in [6, 6.07) is 5.65. The number of hydrogen-bond donors (Lipinski definition) is 0. The summed E-state index contributed by atoms with van der Waals surface area (Å²) in [5.74, 6) is 1.42. The van der Waals surface area contributed by atoms with Crippen molar-refractivity contribution in [3.05, 3.63) is 29.5 Å². The number of rotatable bonds is 4. The van der Waals surface area contributed by atoms with Gasteiger partial charge in [0.1, 0.15) is 18.1 Å². The topological polar surface area (TPSA) is 98.7 Å². The number of hydrogen-bond acceptors (Lipinski definition) is 8. The first-order chi connectivity index (χ1) is 13.9. The third kappa shape index (κ3) is 4.09. The number of methoxy groups -OCH3 is 1. The Morgan fingerprint density at radius 3 is 2.76 bits per heavy atom. The van der Waals surface area contributed by atoms with Crippen LogP contribution in [0.2, 0.25) is 0 Å². The molecule has 1 aromatic carbocycles. The second-order valence-electron chi connectivity index (χ2n) is 7.50. The molecule has 1 atom stereocenters. The highest BCUT2D eigenvalue weighted by Crippen LogP contribution is 2.35. The van der Waals surface area contributed by atoms with Crippen LogP contribution in [0.4, 0.5) is 0 Å². The van der Waals surface area contributed by atoms with E-state index in [9.17, 15) is 13.2 Å². The first-order valence-electron chi connectivity index (χ1n) is 9.47. The normalized spacial score (nSPS) is 20.1. The lowest BCUT2D eigenvalue weighted by atomic mass is 9.91. The van der Waals surface area contributed by atoms with Crippen molar-refractivity contribution in [3.8, 4) is 11.5 Å². The molecule has 2 aliphatic rings. The number of benzene rings is 1. The van der Waals surface area contributed by atoms with Crippen molar-refractivity contribution in [1.82, 2.24) is 14.5 Å². The Balaban J connectivity index is 1.40. The lowest BCUT2D eigenvalue weighted by Gasteiger charge is -2.35. The minimum atomic E-state index is -3.33. The van der Waals surface area contributed by atoms with Crippen molar-refractivity contribution in [2.24, 2.45) is 5.92 Å². The average Bonchev–Trinajstić information content (AvgIpc) is 3.23. The Morgan fingerprint density at radius 1 is 1.31 bits per heavy atom. The molecule has 0 bridgehead atoms. The number of sulfone groups is 1. The maximum Gasteiger partial charge on any atom is 0.229 e. The highest BCUT2D eigenvalue weighted by molar-refractivity contribution is 7.92. The van der Waals surface area contributed by atoms with Gasteiger partial charge in [-0.1, -0.05) is 4.49 Å². The summed E-state index contributed by atoms with van der Waals surface area (Å²) in [5, 5.41) is 4.06. The number of likely N-dealkylation sites (tertiary alicyclic amines) is 1. The summed E-state index contributed by atoms with van der Waals surface area (Å²) in [6.07, 6.45) is 3.16. The largest absolute Gasteiger partial charge is 0.497 e. The van der Waals surface area contributed by atoms with E-state index in [1.807, 2.05) is 23.1 Å². The molecule has 10 heteroatoms. The smallest absolute Gasteiger partial charge is 0.229 e. The zero-order valence-electron chi connectivity index (χ0n) is 16.3. The lowest BCUT2D eigenvalue weighted by molar-refractivity contribution is -0.138. The molecule has 1 unspecified atom stereocenters. The van der Waals surface area contributed by atoms with Crippen LogP contribution in [0.15, 0.2) is 22.4 Å². The van der Waals surface area contributed by atoms with Gasteiger partial charge in [-0.2, -0.15) is 0 Å². The molecule has 8 nitrogen and oxygen atoms in total. The molecule has 4 rings (SSSR count). The zero-order chi connectivity index (χ0) is 20.6. The maximum absolute atomic E-state index is 13.0. The summed E-state index contributed by atoms with van der Waals surface area (Å²) in [7, 11) is -1.72. The standard InChI is InChI=1S/C19H23N3O5S2/c1-26-15-3-4-16-13(10-15)9-14(11-27-16)18(23)22-7-5-12(6-8-22)17-19(28-21-20-17)29(2,24)25/h3-4,10,12,14H,5-9,11H2,1-2H3. The number of aromatic nitrogens is 2. The van der Waals surface area contributed by atoms with Gasteiger partial charge in [0.2, 0.25) is 5.91 Å². The molecule has 156 valence electrons. The maximum atomic E-state index is 13.0. The van der Waals surface area contributed by atoms with Crippen molar-refractivity contribution in [3.63, 3.8) is 0 Å². The van der Waals surface area contributed by atoms with E-state index in [1.54, 1.807) is 7.11 Å². The van der Waals surface area contributed by atoms with Crippen molar-refractivity contribution in [1.29, 1.82) is 0 Å². The van der Waals surface area contributed by atoms with E-state index in [0.717, 1.165) is 28.6 Å². The van der Waals surface area contributed by atoms with E-state index in [1.165, 1.54) is 6.26 Å². The monoisotopic (exact) mass is 437 g/mol. The van der Waals surface area contributed by atoms with Gasteiger partial charge >= 0.3 is 0 Å². The van der Waals surface area contributed by atoms with E-state index in [4.69, 9.17) is 9.47 Å². The summed E-state index contributed by atoms with van der Waals surface area (Å²) in [5.41, 5.74) is 1.53. The molecule has 1 fully saturated rings. The molecule has 1 aromatic heterocycles. The van der Waals surface area contributed by atoms with Crippen molar-refractivity contribution in [2.45, 2.75) is 29.4 Å². The van der Waals surface area contributed by atoms with Crippen molar-refractivity contribution >= 4 is 27.3 Å². The van der Waals surface area contributed by atoms with Gasteiger partial charge in [-0.15, -0.1) is 5.10 Å². The van der Waals surface area contributed by atoms with Crippen LogP contribution >= 0.6 is 11.5 Å². The SMILES string of the molecule is COc1ccc2c(c1)CC(C(=O)N1CCC(c3nnsc3S(C)(=O)=O)CC1)CO2. The quantitative estimate of drug-likeness (QED) is 0.720. The number of fused-ring (bicyclic) bond motifs is 1. The van der Waals surface area contributed by atoms with Gasteiger partial charge in [-0.05, 0) is 43.0 Å². The third-order valence-electron chi connectivity index (χ3n) is 5.53. The molecule has 2 aliphatic heterocycles. The molecule has 29 heavy (non-hydrogen) atoms. The van der Waals surface area contributed by atoms with Gasteiger partial charge in [0.15, 0.2) is 14.0 Å². The van der Waals surface area contributed by atoms with Gasteiger partial charge in [0.25, 0.3) is 0 Å². The summed E-state index contributed by atoms with van der Waals surface area (Å²) >= 11 is 0.920. The minimum Gasteiger partial charge on any atom is -0.497 e. The number of carbonyl (C=O) groups excluding carboxylic acids is 1. The number of carbonyl (C=O) groups is 1. The van der Waals surface area contributed by atoms with E-state index in [2.05, 4.69) is 9.59 Å². The van der Waals surface area contributed by atoms with Crippen LogP contribution in [-0.2, 0) is 21.1 Å². The fourth-order valence-corrected chi connectivity index (χ4v) is 5.72. The predicted molar refractivity (Wildman–Crippen MR) is 107 cm³/mol. The second-order valence-corrected chi connectivity index (χ2v) is 10.5. The van der Waals surface area contributed by atoms with Gasteiger partial charge < -0.3 is 14.4 Å². The van der Waals surface area contributed by atoms with Crippen LogP contribution < -0.4 is 9.47 Å². The Bertz CT molecular complexity index is 1010. The summed E-state index contributed by atoms with van der Waals surface area (Å²) < 4.78 is 39.0. The van der Waals surface area contributed by atoms with Crippen LogP contribution in [0.3, 0.4) is 0 Å². The molecule has 0 spiro atoms. The average molecular weight is 438 g/mol. The molecular weight excluding hydrogens is 414 g/mol. The van der Waals surface area contributed by atoms with Gasteiger partial charge in [0.05, 0.1) is 18.7 Å². The summed E-state index contributed by atoms with van der Waals surface area (Å²) in [4.78, 5) is 14.9. The second kappa shape index (κ2) is 7.91. The highest BCUT2D eigenvalue weighted by atomic mass is 32.2. The van der Waals surface area contributed by atoms with Crippen molar-refractivity contribution < 1.29 is 22.7 Å². The van der Waals surface area contributed by atoms with Crippen molar-refractivity contribution in [2.75, 3.05) is 33.1 Å². The number of ether oxygens (including phenoxy) is 2. The molecule has 0 aliphatic carbocycles. The number of nitrogens with zero attached hydrogens (tertiary/aromatic N) is 3. The molecule has 0 radical (unpaired) electrons. The first-order valence-corrected chi connectivity index (χ1v) is 12.1. The highest BCUT2D eigenvalue weighted by Gasteiger charge is 2.34. The van der Waals surface area contributed by atoms with E-state index < -0.39 is 9.84 Å². The van der Waals surface area contributed by atoms with Crippen LogP contribution in [-0.4, -0.2) is 61.9 Å². The Kier molecular flexibility index (Phi) is 5.48. The molecule has 2 aromatic rings.